The molecule has 0 saturated carbocycles. The minimum absolute atomic E-state index is 0.193. The highest BCUT2D eigenvalue weighted by molar-refractivity contribution is 9.10. The maximum absolute atomic E-state index is 13.3. The number of hydrogen-bond donors (Lipinski definition) is 1. The molecule has 0 radical (unpaired) electrons. The molecule has 8 nitrogen and oxygen atoms in total. The van der Waals surface area contributed by atoms with Crippen molar-refractivity contribution in [2.24, 2.45) is 0 Å². The first kappa shape index (κ1) is 27.3. The number of halogens is 2. The van der Waals surface area contributed by atoms with Crippen LogP contribution in [0.3, 0.4) is 0 Å². The van der Waals surface area contributed by atoms with Crippen molar-refractivity contribution in [3.63, 3.8) is 0 Å². The van der Waals surface area contributed by atoms with Crippen LogP contribution in [0.1, 0.15) is 34.0 Å². The Balaban J connectivity index is 1.69. The minimum atomic E-state index is -0.886. The smallest absolute Gasteiger partial charge is 0.337 e. The first-order chi connectivity index (χ1) is 18.2. The van der Waals surface area contributed by atoms with Gasteiger partial charge in [-0.05, 0) is 66.6 Å². The van der Waals surface area contributed by atoms with Crippen LogP contribution >= 0.6 is 31.9 Å². The van der Waals surface area contributed by atoms with Gasteiger partial charge in [-0.25, -0.2) is 14.5 Å². The average molecular weight is 642 g/mol. The number of esters is 1. The molecule has 0 aromatic heterocycles. The second kappa shape index (κ2) is 11.7. The molecule has 3 aromatic carbocycles. The molecule has 0 atom stereocenters. The molecule has 1 fully saturated rings. The molecule has 3 aromatic rings. The number of nitrogens with zero attached hydrogens (tertiary/aromatic N) is 1. The second-order valence-corrected chi connectivity index (χ2v) is 9.89. The zero-order valence-corrected chi connectivity index (χ0v) is 23.6. The number of carbonyl (C=O) groups excluding carboxylic acids is 4. The third-order valence-corrected chi connectivity index (χ3v) is 7.24. The standard InChI is InChI=1S/C28H22Br2N2O6/c1-3-38-24-14-16(13-23(30)20(24)15-18-6-4-5-7-22(18)29)12-21-25(33)31-28(36)32(26(21)34)19-10-8-17(9-11-19)27(35)37-2/h4-14H,3,15H2,1-2H3,(H,31,33,36)/b21-12+. The van der Waals surface area contributed by atoms with E-state index in [0.717, 1.165) is 25.0 Å². The molecule has 38 heavy (non-hydrogen) atoms. The average Bonchev–Trinajstić information content (AvgIpc) is 2.89. The lowest BCUT2D eigenvalue weighted by Gasteiger charge is -2.26. The summed E-state index contributed by atoms with van der Waals surface area (Å²) in [6.45, 7) is 2.28. The van der Waals surface area contributed by atoms with E-state index in [0.29, 0.717) is 24.3 Å². The maximum Gasteiger partial charge on any atom is 0.337 e. The molecule has 4 amide bonds. The summed E-state index contributed by atoms with van der Waals surface area (Å²) >= 11 is 7.19. The molecule has 10 heteroatoms. The zero-order valence-electron chi connectivity index (χ0n) is 20.4. The first-order valence-corrected chi connectivity index (χ1v) is 13.1. The lowest BCUT2D eigenvalue weighted by molar-refractivity contribution is -0.122. The van der Waals surface area contributed by atoms with E-state index in [1.165, 1.54) is 37.5 Å². The van der Waals surface area contributed by atoms with Gasteiger partial charge in [-0.3, -0.25) is 14.9 Å². The minimum Gasteiger partial charge on any atom is -0.494 e. The predicted octanol–water partition coefficient (Wildman–Crippen LogP) is 5.65. The Morgan fingerprint density at radius 3 is 2.37 bits per heavy atom. The van der Waals surface area contributed by atoms with Gasteiger partial charge in [-0.15, -0.1) is 0 Å². The Kier molecular flexibility index (Phi) is 8.43. The van der Waals surface area contributed by atoms with Crippen LogP contribution < -0.4 is 15.0 Å². The molecule has 1 aliphatic heterocycles. The van der Waals surface area contributed by atoms with Crippen molar-refractivity contribution in [3.8, 4) is 5.75 Å². The summed E-state index contributed by atoms with van der Waals surface area (Å²) in [6, 6.07) is 16.2. The number of amides is 4. The fourth-order valence-corrected chi connectivity index (χ4v) is 4.95. The normalized spacial score (nSPS) is 14.5. The number of methoxy groups -OCH3 is 1. The van der Waals surface area contributed by atoms with Crippen LogP contribution in [0.5, 0.6) is 5.75 Å². The van der Waals surface area contributed by atoms with E-state index in [-0.39, 0.29) is 16.8 Å². The van der Waals surface area contributed by atoms with E-state index in [9.17, 15) is 19.2 Å². The number of carbonyl (C=O) groups is 4. The van der Waals surface area contributed by atoms with Crippen LogP contribution in [0.15, 0.2) is 75.2 Å². The molecule has 0 unspecified atom stereocenters. The van der Waals surface area contributed by atoms with Crippen LogP contribution in [-0.4, -0.2) is 37.5 Å². The topological polar surface area (TPSA) is 102 Å². The van der Waals surface area contributed by atoms with Crippen molar-refractivity contribution < 1.29 is 28.7 Å². The van der Waals surface area contributed by atoms with Gasteiger partial charge < -0.3 is 9.47 Å². The van der Waals surface area contributed by atoms with E-state index in [1.54, 1.807) is 12.1 Å². The number of benzene rings is 3. The van der Waals surface area contributed by atoms with Gasteiger partial charge >= 0.3 is 12.0 Å². The summed E-state index contributed by atoms with van der Waals surface area (Å²) in [5.74, 6) is -1.57. The summed E-state index contributed by atoms with van der Waals surface area (Å²) < 4.78 is 12.3. The van der Waals surface area contributed by atoms with Crippen molar-refractivity contribution in [2.75, 3.05) is 18.6 Å². The molecule has 1 saturated heterocycles. The van der Waals surface area contributed by atoms with Crippen LogP contribution in [0.25, 0.3) is 6.08 Å². The van der Waals surface area contributed by atoms with Crippen molar-refractivity contribution >= 4 is 67.4 Å². The van der Waals surface area contributed by atoms with Gasteiger partial charge in [0.15, 0.2) is 0 Å². The van der Waals surface area contributed by atoms with Gasteiger partial charge in [-0.2, -0.15) is 0 Å². The van der Waals surface area contributed by atoms with Crippen LogP contribution in [-0.2, 0) is 20.7 Å². The molecule has 0 spiro atoms. The number of hydrogen-bond acceptors (Lipinski definition) is 6. The number of urea groups is 1. The van der Waals surface area contributed by atoms with E-state index in [1.807, 2.05) is 31.2 Å². The van der Waals surface area contributed by atoms with Gasteiger partial charge in [0, 0.05) is 20.9 Å². The highest BCUT2D eigenvalue weighted by atomic mass is 79.9. The van der Waals surface area contributed by atoms with E-state index in [4.69, 9.17) is 4.74 Å². The van der Waals surface area contributed by atoms with Gasteiger partial charge in [-0.1, -0.05) is 50.1 Å². The Morgan fingerprint density at radius 2 is 1.71 bits per heavy atom. The van der Waals surface area contributed by atoms with Crippen molar-refractivity contribution in [1.29, 1.82) is 0 Å². The molecule has 4 rings (SSSR count). The third-order valence-electron chi connectivity index (χ3n) is 5.76. The lowest BCUT2D eigenvalue weighted by atomic mass is 10.0. The van der Waals surface area contributed by atoms with Crippen LogP contribution in [0.4, 0.5) is 10.5 Å². The summed E-state index contributed by atoms with van der Waals surface area (Å²) in [5, 5.41) is 2.20. The molecule has 1 heterocycles. The van der Waals surface area contributed by atoms with E-state index in [2.05, 4.69) is 41.9 Å². The number of imide groups is 2. The van der Waals surface area contributed by atoms with Crippen molar-refractivity contribution in [2.45, 2.75) is 13.3 Å². The number of anilines is 1. The number of barbiturate groups is 1. The predicted molar refractivity (Wildman–Crippen MR) is 149 cm³/mol. The second-order valence-electron chi connectivity index (χ2n) is 8.18. The number of nitrogens with one attached hydrogen (secondary N) is 1. The first-order valence-electron chi connectivity index (χ1n) is 11.5. The Bertz CT molecular complexity index is 1470. The fourth-order valence-electron chi connectivity index (χ4n) is 3.93. The summed E-state index contributed by atoms with van der Waals surface area (Å²) in [4.78, 5) is 51.1. The summed E-state index contributed by atoms with van der Waals surface area (Å²) in [6.07, 6.45) is 1.99. The molecular formula is C28H22Br2N2O6. The maximum atomic E-state index is 13.3. The largest absolute Gasteiger partial charge is 0.494 e. The van der Waals surface area contributed by atoms with Crippen molar-refractivity contribution in [3.05, 3.63) is 97.4 Å². The van der Waals surface area contributed by atoms with Gasteiger partial charge in [0.25, 0.3) is 11.8 Å². The molecule has 1 aliphatic rings. The molecule has 194 valence electrons. The Hall–Kier alpha value is -3.76. The SMILES string of the molecule is CCOc1cc(/C=C2\C(=O)NC(=O)N(c3ccc(C(=O)OC)cc3)C2=O)cc(Br)c1Cc1ccccc1Br. The number of ether oxygens (including phenoxy) is 2. The Labute approximate surface area is 235 Å². The quantitative estimate of drug-likeness (QED) is 0.203. The monoisotopic (exact) mass is 640 g/mol. The van der Waals surface area contributed by atoms with E-state index >= 15 is 0 Å². The summed E-state index contributed by atoms with van der Waals surface area (Å²) in [7, 11) is 1.25. The van der Waals surface area contributed by atoms with Gasteiger partial charge in [0.2, 0.25) is 0 Å². The Morgan fingerprint density at radius 1 is 1.00 bits per heavy atom. The molecular weight excluding hydrogens is 620 g/mol. The molecule has 1 N–H and O–H groups in total. The highest BCUT2D eigenvalue weighted by Crippen LogP contribution is 2.34. The molecule has 0 bridgehead atoms. The van der Waals surface area contributed by atoms with Gasteiger partial charge in [0.05, 0.1) is 25.0 Å². The molecule has 0 aliphatic carbocycles. The highest BCUT2D eigenvalue weighted by Gasteiger charge is 2.37. The lowest BCUT2D eigenvalue weighted by Crippen LogP contribution is -2.54. The number of rotatable bonds is 7. The zero-order chi connectivity index (χ0) is 27.4. The van der Waals surface area contributed by atoms with Crippen LogP contribution in [0, 0.1) is 0 Å². The van der Waals surface area contributed by atoms with Crippen molar-refractivity contribution in [1.82, 2.24) is 5.32 Å². The van der Waals surface area contributed by atoms with Crippen LogP contribution in [0.2, 0.25) is 0 Å². The van der Waals surface area contributed by atoms with E-state index < -0.39 is 23.8 Å². The third kappa shape index (κ3) is 5.71. The summed E-state index contributed by atoms with van der Waals surface area (Å²) in [5.41, 5.74) is 2.72. The van der Waals surface area contributed by atoms with Gasteiger partial charge in [0.1, 0.15) is 11.3 Å². The fraction of sp³-hybridized carbons (Fsp3) is 0.143.